The molecule has 0 radical (unpaired) electrons. The van der Waals surface area contributed by atoms with Gasteiger partial charge in [-0.05, 0) is 19.1 Å². The Bertz CT molecular complexity index is 599. The Kier molecular flexibility index (Phi) is 6.22. The summed E-state index contributed by atoms with van der Waals surface area (Å²) in [6.45, 7) is 3.02. The Hall–Kier alpha value is -1.37. The Morgan fingerprint density at radius 1 is 1.43 bits per heavy atom. The summed E-state index contributed by atoms with van der Waals surface area (Å²) < 4.78 is 4.94. The molecule has 1 aromatic heterocycles. The second kappa shape index (κ2) is 8.17. The van der Waals surface area contributed by atoms with E-state index in [1.165, 1.54) is 0 Å². The zero-order valence-corrected chi connectivity index (χ0v) is 13.7. The highest BCUT2D eigenvalue weighted by Gasteiger charge is 2.11. The highest BCUT2D eigenvalue weighted by Crippen LogP contribution is 2.26. The van der Waals surface area contributed by atoms with Crippen LogP contribution >= 0.6 is 23.1 Å². The summed E-state index contributed by atoms with van der Waals surface area (Å²) in [4.78, 5) is 17.6. The van der Waals surface area contributed by atoms with Crippen molar-refractivity contribution in [3.63, 3.8) is 0 Å². The van der Waals surface area contributed by atoms with E-state index in [4.69, 9.17) is 4.74 Å². The molecular weight excluding hydrogens is 304 g/mol. The van der Waals surface area contributed by atoms with E-state index < -0.39 is 0 Å². The lowest BCUT2D eigenvalue weighted by Crippen LogP contribution is -2.27. The number of nitrogens with zero attached hydrogens (tertiary/aromatic N) is 1. The van der Waals surface area contributed by atoms with Crippen LogP contribution in [-0.2, 0) is 10.5 Å². The lowest BCUT2D eigenvalue weighted by Gasteiger charge is -2.09. The van der Waals surface area contributed by atoms with E-state index in [0.717, 1.165) is 21.3 Å². The average Bonchev–Trinajstić information content (AvgIpc) is 2.91. The molecule has 0 saturated carbocycles. The largest absolute Gasteiger partial charge is 0.383 e. The van der Waals surface area contributed by atoms with Crippen LogP contribution in [0.2, 0.25) is 0 Å². The van der Waals surface area contributed by atoms with Crippen LogP contribution in [0.5, 0.6) is 0 Å². The van der Waals surface area contributed by atoms with Crippen molar-refractivity contribution in [1.82, 2.24) is 10.3 Å². The molecule has 1 N–H and O–H groups in total. The zero-order valence-electron chi connectivity index (χ0n) is 12.1. The van der Waals surface area contributed by atoms with Crippen molar-refractivity contribution >= 4 is 29.0 Å². The quantitative estimate of drug-likeness (QED) is 0.628. The molecule has 0 saturated heterocycles. The van der Waals surface area contributed by atoms with Gasteiger partial charge in [-0.15, -0.1) is 23.1 Å². The molecule has 0 aliphatic rings. The predicted octanol–water partition coefficient (Wildman–Crippen LogP) is 3.12. The summed E-state index contributed by atoms with van der Waals surface area (Å²) in [5.74, 6) is 0.705. The molecule has 0 atom stereocenters. The lowest BCUT2D eigenvalue weighted by atomic mass is 10.2. The van der Waals surface area contributed by atoms with Gasteiger partial charge in [0.05, 0.1) is 22.9 Å². The number of aryl methyl sites for hydroxylation is 1. The maximum Gasteiger partial charge on any atom is 0.252 e. The normalized spacial score (nSPS) is 10.6. The first-order valence-electron chi connectivity index (χ1n) is 6.60. The van der Waals surface area contributed by atoms with Crippen LogP contribution < -0.4 is 5.32 Å². The number of thioether (sulfide) groups is 1. The van der Waals surface area contributed by atoms with Gasteiger partial charge < -0.3 is 10.1 Å². The molecule has 0 spiro atoms. The number of rotatable bonds is 7. The molecule has 0 unspecified atom stereocenters. The Morgan fingerprint density at radius 2 is 2.24 bits per heavy atom. The van der Waals surface area contributed by atoms with E-state index >= 15 is 0 Å². The lowest BCUT2D eigenvalue weighted by molar-refractivity contribution is 0.0934. The van der Waals surface area contributed by atoms with Crippen LogP contribution in [0.25, 0.3) is 0 Å². The first-order chi connectivity index (χ1) is 10.2. The van der Waals surface area contributed by atoms with Crippen LogP contribution in [0.1, 0.15) is 21.1 Å². The van der Waals surface area contributed by atoms with Crippen molar-refractivity contribution in [1.29, 1.82) is 0 Å². The third-order valence-electron chi connectivity index (χ3n) is 2.77. The summed E-state index contributed by atoms with van der Waals surface area (Å²) >= 11 is 3.28. The van der Waals surface area contributed by atoms with E-state index in [9.17, 15) is 4.79 Å². The maximum absolute atomic E-state index is 12.2. The predicted molar refractivity (Wildman–Crippen MR) is 87.1 cm³/mol. The molecule has 0 aliphatic carbocycles. The van der Waals surface area contributed by atoms with Crippen LogP contribution in [0.3, 0.4) is 0 Å². The molecule has 1 heterocycles. The molecular formula is C15H18N2O2S2. The van der Waals surface area contributed by atoms with E-state index in [2.05, 4.69) is 15.7 Å². The van der Waals surface area contributed by atoms with Crippen molar-refractivity contribution < 1.29 is 9.53 Å². The molecule has 0 aliphatic heterocycles. The van der Waals surface area contributed by atoms with Gasteiger partial charge in [-0.2, -0.15) is 0 Å². The second-order valence-corrected chi connectivity index (χ2v) is 6.47. The number of ether oxygens (including phenoxy) is 1. The number of methoxy groups -OCH3 is 1. The number of amides is 1. The van der Waals surface area contributed by atoms with Crippen LogP contribution in [0.4, 0.5) is 0 Å². The van der Waals surface area contributed by atoms with Crippen molar-refractivity contribution in [2.24, 2.45) is 0 Å². The molecule has 4 nitrogen and oxygen atoms in total. The number of benzene rings is 1. The zero-order chi connectivity index (χ0) is 15.1. The van der Waals surface area contributed by atoms with Gasteiger partial charge >= 0.3 is 0 Å². The van der Waals surface area contributed by atoms with Gasteiger partial charge in [0.1, 0.15) is 0 Å². The van der Waals surface area contributed by atoms with Crippen molar-refractivity contribution in [3.05, 3.63) is 45.9 Å². The minimum absolute atomic E-state index is 0.0652. The Morgan fingerprint density at radius 3 is 2.95 bits per heavy atom. The van der Waals surface area contributed by atoms with Gasteiger partial charge in [0, 0.05) is 29.7 Å². The number of nitrogens with one attached hydrogen (secondary N) is 1. The molecule has 6 heteroatoms. The molecule has 21 heavy (non-hydrogen) atoms. The van der Waals surface area contributed by atoms with Crippen LogP contribution in [-0.4, -0.2) is 31.2 Å². The Labute approximate surface area is 132 Å². The third-order valence-corrected chi connectivity index (χ3v) is 4.69. The highest BCUT2D eigenvalue weighted by molar-refractivity contribution is 7.98. The summed E-state index contributed by atoms with van der Waals surface area (Å²) in [6, 6.07) is 7.63. The number of carbonyl (C=O) groups excluding carboxylic acids is 1. The molecule has 0 bridgehead atoms. The van der Waals surface area contributed by atoms with Gasteiger partial charge in [0.2, 0.25) is 0 Å². The summed E-state index contributed by atoms with van der Waals surface area (Å²) in [6.07, 6.45) is 0. The van der Waals surface area contributed by atoms with Gasteiger partial charge in [0.15, 0.2) is 0 Å². The van der Waals surface area contributed by atoms with Crippen molar-refractivity contribution in [3.8, 4) is 0 Å². The fraction of sp³-hybridized carbons (Fsp3) is 0.333. The minimum atomic E-state index is -0.0652. The number of hydrogen-bond acceptors (Lipinski definition) is 5. The van der Waals surface area contributed by atoms with Crippen molar-refractivity contribution in [2.45, 2.75) is 17.6 Å². The SMILES string of the molecule is COCCNC(=O)c1ccccc1SCc1csc(C)n1. The van der Waals surface area contributed by atoms with E-state index in [1.54, 1.807) is 30.2 Å². The summed E-state index contributed by atoms with van der Waals surface area (Å²) in [5.41, 5.74) is 1.75. The number of aromatic nitrogens is 1. The smallest absolute Gasteiger partial charge is 0.252 e. The average molecular weight is 322 g/mol. The standard InChI is InChI=1S/C15H18N2O2S2/c1-11-17-12(9-20-11)10-21-14-6-4-3-5-13(14)15(18)16-7-8-19-2/h3-6,9H,7-8,10H2,1-2H3,(H,16,18). The number of hydrogen-bond donors (Lipinski definition) is 1. The maximum atomic E-state index is 12.2. The third kappa shape index (κ3) is 4.84. The van der Waals surface area contributed by atoms with Gasteiger partial charge in [0.25, 0.3) is 5.91 Å². The monoisotopic (exact) mass is 322 g/mol. The Balaban J connectivity index is 2.00. The number of carbonyl (C=O) groups is 1. The second-order valence-electron chi connectivity index (χ2n) is 4.39. The van der Waals surface area contributed by atoms with Gasteiger partial charge in [-0.1, -0.05) is 12.1 Å². The van der Waals surface area contributed by atoms with Gasteiger partial charge in [-0.25, -0.2) is 4.98 Å². The molecule has 1 aromatic carbocycles. The van der Waals surface area contributed by atoms with Gasteiger partial charge in [-0.3, -0.25) is 4.79 Å². The fourth-order valence-corrected chi connectivity index (χ4v) is 3.43. The first kappa shape index (κ1) is 16.0. The van der Waals surface area contributed by atoms with Crippen LogP contribution in [0, 0.1) is 6.92 Å². The highest BCUT2D eigenvalue weighted by atomic mass is 32.2. The van der Waals surface area contributed by atoms with E-state index in [-0.39, 0.29) is 5.91 Å². The first-order valence-corrected chi connectivity index (χ1v) is 8.47. The molecule has 0 fully saturated rings. The topological polar surface area (TPSA) is 51.2 Å². The molecule has 1 amide bonds. The van der Waals surface area contributed by atoms with E-state index in [1.807, 2.05) is 31.2 Å². The van der Waals surface area contributed by atoms with Crippen LogP contribution in [0.15, 0.2) is 34.5 Å². The number of thiazole rings is 1. The molecule has 2 rings (SSSR count). The van der Waals surface area contributed by atoms with Crippen molar-refractivity contribution in [2.75, 3.05) is 20.3 Å². The molecule has 2 aromatic rings. The minimum Gasteiger partial charge on any atom is -0.383 e. The fourth-order valence-electron chi connectivity index (χ4n) is 1.77. The molecule has 112 valence electrons. The van der Waals surface area contributed by atoms with E-state index in [0.29, 0.717) is 18.7 Å². The summed E-state index contributed by atoms with van der Waals surface area (Å²) in [7, 11) is 1.62. The summed E-state index contributed by atoms with van der Waals surface area (Å²) in [5, 5.41) is 5.98.